The van der Waals surface area contributed by atoms with E-state index in [2.05, 4.69) is 19.7 Å². The summed E-state index contributed by atoms with van der Waals surface area (Å²) in [6, 6.07) is 4.63. The van der Waals surface area contributed by atoms with E-state index in [1.807, 2.05) is 0 Å². The van der Waals surface area contributed by atoms with Crippen LogP contribution < -0.4 is 0 Å². The van der Waals surface area contributed by atoms with E-state index in [1.165, 1.54) is 12.1 Å². The molecule has 0 fully saturated rings. The molecule has 0 spiro atoms. The van der Waals surface area contributed by atoms with E-state index in [0.717, 1.165) is 30.4 Å². The van der Waals surface area contributed by atoms with E-state index in [0.29, 0.717) is 5.56 Å². The first-order valence-corrected chi connectivity index (χ1v) is 9.94. The van der Waals surface area contributed by atoms with Gasteiger partial charge in [0.25, 0.3) is 0 Å². The van der Waals surface area contributed by atoms with Crippen LogP contribution in [-0.4, -0.2) is 61.8 Å². The summed E-state index contributed by atoms with van der Waals surface area (Å²) in [6.45, 7) is 10.6. The van der Waals surface area contributed by atoms with Crippen LogP contribution in [0.1, 0.15) is 11.1 Å². The highest BCUT2D eigenvalue weighted by atomic mass is 19.4. The van der Waals surface area contributed by atoms with E-state index in [4.69, 9.17) is 14.2 Å². The third-order valence-electron chi connectivity index (χ3n) is 4.73. The third kappa shape index (κ3) is 10.2. The van der Waals surface area contributed by atoms with Crippen molar-refractivity contribution in [2.24, 2.45) is 0 Å². The number of rotatable bonds is 14. The largest absolute Gasteiger partial charge is 0.457 e. The van der Waals surface area contributed by atoms with Gasteiger partial charge in [0.05, 0.1) is 5.56 Å². The Morgan fingerprint density at radius 1 is 0.758 bits per heavy atom. The molecular formula is C23H27F3NO6+. The number of ether oxygens (including phenoxy) is 3. The van der Waals surface area contributed by atoms with Crippen LogP contribution >= 0.6 is 0 Å². The second-order valence-electron chi connectivity index (χ2n) is 6.98. The van der Waals surface area contributed by atoms with Crippen molar-refractivity contribution in [2.75, 3.05) is 39.5 Å². The van der Waals surface area contributed by atoms with Crippen LogP contribution in [0, 0.1) is 0 Å². The second kappa shape index (κ2) is 13.2. The minimum atomic E-state index is -4.47. The predicted molar refractivity (Wildman–Crippen MR) is 113 cm³/mol. The quantitative estimate of drug-likeness (QED) is 0.180. The van der Waals surface area contributed by atoms with Gasteiger partial charge in [-0.1, -0.05) is 31.9 Å². The average Bonchev–Trinajstić information content (AvgIpc) is 2.78. The van der Waals surface area contributed by atoms with Gasteiger partial charge in [-0.3, -0.25) is 0 Å². The van der Waals surface area contributed by atoms with Gasteiger partial charge < -0.3 is 18.7 Å². The van der Waals surface area contributed by atoms with Gasteiger partial charge in [-0.2, -0.15) is 13.2 Å². The number of quaternary nitrogens is 1. The molecule has 1 aromatic rings. The molecule has 33 heavy (non-hydrogen) atoms. The summed E-state index contributed by atoms with van der Waals surface area (Å²) >= 11 is 0. The molecule has 0 saturated heterocycles. The molecular weight excluding hydrogens is 443 g/mol. The number of esters is 3. The monoisotopic (exact) mass is 470 g/mol. The van der Waals surface area contributed by atoms with Crippen molar-refractivity contribution in [1.29, 1.82) is 0 Å². The maximum absolute atomic E-state index is 12.9. The first-order valence-electron chi connectivity index (χ1n) is 9.94. The number of benzene rings is 1. The number of carbonyl (C=O) groups is 3. The normalized spacial score (nSPS) is 11.2. The Bertz CT molecular complexity index is 784. The summed E-state index contributed by atoms with van der Waals surface area (Å²) in [6.07, 6.45) is -1.46. The SMILES string of the molecule is C=CC(=O)OCC[N+](CCOC(=O)C=C)(CCOC(=O)C=C)Cc1ccc(C(F)(F)F)cc1. The Kier molecular flexibility index (Phi) is 11.1. The molecule has 0 heterocycles. The Morgan fingerprint density at radius 2 is 1.12 bits per heavy atom. The highest BCUT2D eigenvalue weighted by molar-refractivity contribution is 5.81. The van der Waals surface area contributed by atoms with Crippen molar-refractivity contribution in [1.82, 2.24) is 0 Å². The zero-order valence-corrected chi connectivity index (χ0v) is 18.1. The van der Waals surface area contributed by atoms with E-state index in [9.17, 15) is 27.6 Å². The van der Waals surface area contributed by atoms with Gasteiger partial charge in [0.15, 0.2) is 0 Å². The lowest BCUT2D eigenvalue weighted by molar-refractivity contribution is -0.941. The lowest BCUT2D eigenvalue weighted by Crippen LogP contribution is -2.53. The highest BCUT2D eigenvalue weighted by Crippen LogP contribution is 2.29. The van der Waals surface area contributed by atoms with Gasteiger partial charge in [0.2, 0.25) is 0 Å². The van der Waals surface area contributed by atoms with Crippen LogP contribution in [0.2, 0.25) is 0 Å². The predicted octanol–water partition coefficient (Wildman–Crippen LogP) is 3.21. The van der Waals surface area contributed by atoms with Crippen molar-refractivity contribution < 1.29 is 46.2 Å². The highest BCUT2D eigenvalue weighted by Gasteiger charge is 2.32. The van der Waals surface area contributed by atoms with E-state index in [1.54, 1.807) is 0 Å². The van der Waals surface area contributed by atoms with Crippen molar-refractivity contribution in [2.45, 2.75) is 12.7 Å². The second-order valence-corrected chi connectivity index (χ2v) is 6.98. The molecule has 0 N–H and O–H groups in total. The maximum Gasteiger partial charge on any atom is 0.416 e. The number of carbonyl (C=O) groups excluding carboxylic acids is 3. The summed E-state index contributed by atoms with van der Waals surface area (Å²) in [5.74, 6) is -1.92. The number of hydrogen-bond donors (Lipinski definition) is 0. The summed E-state index contributed by atoms with van der Waals surface area (Å²) in [7, 11) is 0. The van der Waals surface area contributed by atoms with Crippen molar-refractivity contribution in [3.63, 3.8) is 0 Å². The zero-order valence-electron chi connectivity index (χ0n) is 18.1. The molecule has 0 aliphatic rings. The van der Waals surface area contributed by atoms with Gasteiger partial charge in [0, 0.05) is 23.8 Å². The Morgan fingerprint density at radius 3 is 1.42 bits per heavy atom. The minimum Gasteiger partial charge on any atom is -0.457 e. The molecule has 0 unspecified atom stereocenters. The molecule has 1 aromatic carbocycles. The molecule has 0 bridgehead atoms. The molecule has 0 aliphatic heterocycles. The fourth-order valence-electron chi connectivity index (χ4n) is 2.96. The minimum absolute atomic E-state index is 0.0453. The molecule has 0 amide bonds. The van der Waals surface area contributed by atoms with Gasteiger partial charge >= 0.3 is 24.1 Å². The first-order chi connectivity index (χ1) is 15.5. The topological polar surface area (TPSA) is 78.9 Å². The van der Waals surface area contributed by atoms with Crippen LogP contribution in [0.5, 0.6) is 0 Å². The maximum atomic E-state index is 12.9. The molecule has 0 saturated carbocycles. The molecule has 180 valence electrons. The molecule has 7 nitrogen and oxygen atoms in total. The van der Waals surface area contributed by atoms with Crippen LogP contribution in [-0.2, 0) is 41.3 Å². The molecule has 0 aliphatic carbocycles. The van der Waals surface area contributed by atoms with Gasteiger partial charge in [-0.15, -0.1) is 0 Å². The fourth-order valence-corrected chi connectivity index (χ4v) is 2.96. The van der Waals surface area contributed by atoms with Crippen molar-refractivity contribution >= 4 is 17.9 Å². The van der Waals surface area contributed by atoms with Gasteiger partial charge in [-0.25, -0.2) is 14.4 Å². The fraction of sp³-hybridized carbons (Fsp3) is 0.348. The van der Waals surface area contributed by atoms with E-state index in [-0.39, 0.29) is 50.5 Å². The van der Waals surface area contributed by atoms with Gasteiger partial charge in [-0.05, 0) is 12.1 Å². The van der Waals surface area contributed by atoms with E-state index >= 15 is 0 Å². The molecule has 0 radical (unpaired) electrons. The molecule has 0 aromatic heterocycles. The van der Waals surface area contributed by atoms with Crippen LogP contribution in [0.25, 0.3) is 0 Å². The zero-order chi connectivity index (χ0) is 24.9. The Balaban J connectivity index is 3.14. The summed E-state index contributed by atoms with van der Waals surface area (Å²) in [4.78, 5) is 34.4. The third-order valence-corrected chi connectivity index (χ3v) is 4.73. The number of halogens is 3. The number of alkyl halides is 3. The van der Waals surface area contributed by atoms with E-state index < -0.39 is 29.6 Å². The van der Waals surface area contributed by atoms with Crippen LogP contribution in [0.3, 0.4) is 0 Å². The lowest BCUT2D eigenvalue weighted by atomic mass is 10.1. The first kappa shape index (κ1) is 27.6. The molecule has 10 heteroatoms. The summed E-state index contributed by atoms with van der Waals surface area (Å²) in [5.41, 5.74) is -0.229. The summed E-state index contributed by atoms with van der Waals surface area (Å²) in [5, 5.41) is 0. The Hall–Kier alpha value is -3.40. The molecule has 1 rings (SSSR count). The summed E-state index contributed by atoms with van der Waals surface area (Å²) < 4.78 is 54.1. The van der Waals surface area contributed by atoms with Crippen molar-refractivity contribution in [3.8, 4) is 0 Å². The van der Waals surface area contributed by atoms with Crippen LogP contribution in [0.4, 0.5) is 13.2 Å². The standard InChI is InChI=1S/C23H27F3NO6/c1-4-20(28)31-14-11-27(12-15-32-21(29)5-2,13-16-33-22(30)6-3)17-18-7-9-19(10-8-18)23(24,25)26/h4-10H,1-3,11-17H2/q+1. The van der Waals surface area contributed by atoms with Crippen molar-refractivity contribution in [3.05, 3.63) is 73.4 Å². The number of nitrogens with zero attached hydrogens (tertiary/aromatic N) is 1. The lowest BCUT2D eigenvalue weighted by Gasteiger charge is -2.38. The van der Waals surface area contributed by atoms with Gasteiger partial charge in [0.1, 0.15) is 46.0 Å². The average molecular weight is 470 g/mol. The Labute approximate surface area is 190 Å². The molecule has 0 atom stereocenters. The smallest absolute Gasteiger partial charge is 0.416 e. The number of hydrogen-bond acceptors (Lipinski definition) is 6. The van der Waals surface area contributed by atoms with Crippen LogP contribution in [0.15, 0.2) is 62.2 Å².